The zero-order valence-electron chi connectivity index (χ0n) is 11.4. The molecular formula is C13H28N2. The predicted octanol–water partition coefficient (Wildman–Crippen LogP) is 3.25. The molecule has 1 atom stereocenters. The van der Waals surface area contributed by atoms with E-state index in [0.29, 0.717) is 6.04 Å². The maximum Gasteiger partial charge on any atom is 0.0321 e. The van der Waals surface area contributed by atoms with Crippen LogP contribution >= 0.6 is 0 Å². The van der Waals surface area contributed by atoms with Crippen molar-refractivity contribution < 1.29 is 0 Å². The smallest absolute Gasteiger partial charge is 0.0321 e. The van der Waals surface area contributed by atoms with Gasteiger partial charge in [0.05, 0.1) is 0 Å². The molecule has 0 spiro atoms. The lowest BCUT2D eigenvalue weighted by molar-refractivity contribution is 0.260. The second-order valence-electron chi connectivity index (χ2n) is 6.30. The Morgan fingerprint density at radius 1 is 1.20 bits per heavy atom. The Balaban J connectivity index is 4.69. The molecule has 0 aromatic carbocycles. The van der Waals surface area contributed by atoms with Crippen LogP contribution in [0.4, 0.5) is 0 Å². The summed E-state index contributed by atoms with van der Waals surface area (Å²) in [4.78, 5) is 0. The van der Waals surface area contributed by atoms with Crippen molar-refractivity contribution in [2.45, 2.75) is 60.9 Å². The summed E-state index contributed by atoms with van der Waals surface area (Å²) >= 11 is 0. The van der Waals surface area contributed by atoms with Crippen LogP contribution in [0.3, 0.4) is 0 Å². The molecule has 3 N–H and O–H groups in total. The highest BCUT2D eigenvalue weighted by Crippen LogP contribution is 2.27. The summed E-state index contributed by atoms with van der Waals surface area (Å²) in [7, 11) is 0. The number of allylic oxidation sites excluding steroid dienone is 1. The first kappa shape index (κ1) is 14.3. The fraction of sp³-hybridized carbons (Fsp3) is 0.846. The summed E-state index contributed by atoms with van der Waals surface area (Å²) in [5.41, 5.74) is 7.16. The highest BCUT2D eigenvalue weighted by molar-refractivity contribution is 5.09. The Morgan fingerprint density at radius 2 is 1.67 bits per heavy atom. The first-order valence-electron chi connectivity index (χ1n) is 5.81. The van der Waals surface area contributed by atoms with Crippen LogP contribution in [0.1, 0.15) is 54.9 Å². The first-order chi connectivity index (χ1) is 6.62. The summed E-state index contributed by atoms with van der Waals surface area (Å²) in [6.07, 6.45) is 2.81. The van der Waals surface area contributed by atoms with E-state index in [-0.39, 0.29) is 10.8 Å². The van der Waals surface area contributed by atoms with E-state index in [9.17, 15) is 0 Å². The third-order valence-corrected chi connectivity index (χ3v) is 2.76. The van der Waals surface area contributed by atoms with E-state index in [0.717, 1.165) is 12.1 Å². The van der Waals surface area contributed by atoms with Crippen LogP contribution in [-0.4, -0.2) is 6.04 Å². The van der Waals surface area contributed by atoms with Gasteiger partial charge in [0.2, 0.25) is 0 Å². The van der Waals surface area contributed by atoms with E-state index in [2.05, 4.69) is 53.8 Å². The van der Waals surface area contributed by atoms with E-state index in [1.807, 2.05) is 0 Å². The monoisotopic (exact) mass is 212 g/mol. The van der Waals surface area contributed by atoms with Crippen molar-refractivity contribution in [3.8, 4) is 0 Å². The topological polar surface area (TPSA) is 38.0 Å². The van der Waals surface area contributed by atoms with Crippen LogP contribution in [0.5, 0.6) is 0 Å². The highest BCUT2D eigenvalue weighted by atomic mass is 15.0. The molecule has 0 heterocycles. The third kappa shape index (κ3) is 4.59. The molecule has 15 heavy (non-hydrogen) atoms. The van der Waals surface area contributed by atoms with Gasteiger partial charge in [-0.3, -0.25) is 0 Å². The Labute approximate surface area is 95.3 Å². The van der Waals surface area contributed by atoms with Crippen molar-refractivity contribution in [1.29, 1.82) is 0 Å². The maximum absolute atomic E-state index is 5.68. The van der Waals surface area contributed by atoms with Gasteiger partial charge < -0.3 is 11.1 Å². The minimum Gasteiger partial charge on any atom is -0.403 e. The van der Waals surface area contributed by atoms with Crippen LogP contribution in [0, 0.1) is 10.8 Å². The second-order valence-corrected chi connectivity index (χ2v) is 6.30. The molecular weight excluding hydrogens is 184 g/mol. The summed E-state index contributed by atoms with van der Waals surface area (Å²) in [5.74, 6) is 0. The summed E-state index contributed by atoms with van der Waals surface area (Å²) in [6, 6.07) is 0.464. The van der Waals surface area contributed by atoms with Crippen LogP contribution in [0.25, 0.3) is 0 Å². The Hall–Kier alpha value is -0.660. The van der Waals surface area contributed by atoms with Gasteiger partial charge in [-0.25, -0.2) is 0 Å². The molecule has 90 valence electrons. The largest absolute Gasteiger partial charge is 0.403 e. The Kier molecular flexibility index (Phi) is 4.69. The quantitative estimate of drug-likeness (QED) is 0.753. The summed E-state index contributed by atoms with van der Waals surface area (Å²) in [5, 5.41) is 3.57. The van der Waals surface area contributed by atoms with Gasteiger partial charge in [0.15, 0.2) is 0 Å². The summed E-state index contributed by atoms with van der Waals surface area (Å²) in [6.45, 7) is 15.5. The number of hydrogen-bond donors (Lipinski definition) is 2. The van der Waals surface area contributed by atoms with Gasteiger partial charge in [-0.1, -0.05) is 48.5 Å². The zero-order valence-corrected chi connectivity index (χ0v) is 11.4. The lowest BCUT2D eigenvalue weighted by Crippen LogP contribution is -2.42. The molecule has 0 aliphatic heterocycles. The standard InChI is InChI=1S/C13H28N2/c1-8-10(12(2,3)4)15-11(9-14)13(5,6)7/h9-10,15H,8,14H2,1-7H3/b11-9-. The SMILES string of the molecule is CCC(N/C(=C\N)C(C)(C)C)C(C)(C)C. The number of nitrogens with one attached hydrogen (secondary N) is 1. The fourth-order valence-corrected chi connectivity index (χ4v) is 1.63. The van der Waals surface area contributed by atoms with Crippen LogP contribution in [-0.2, 0) is 0 Å². The predicted molar refractivity (Wildman–Crippen MR) is 68.4 cm³/mol. The van der Waals surface area contributed by atoms with E-state index in [1.165, 1.54) is 0 Å². The van der Waals surface area contributed by atoms with Crippen molar-refractivity contribution >= 4 is 0 Å². The van der Waals surface area contributed by atoms with Gasteiger partial charge in [-0.15, -0.1) is 0 Å². The van der Waals surface area contributed by atoms with Gasteiger partial charge in [-0.05, 0) is 11.8 Å². The van der Waals surface area contributed by atoms with E-state index >= 15 is 0 Å². The first-order valence-corrected chi connectivity index (χ1v) is 5.81. The number of nitrogens with two attached hydrogens (primary N) is 1. The van der Waals surface area contributed by atoms with Gasteiger partial charge in [0.25, 0.3) is 0 Å². The van der Waals surface area contributed by atoms with Gasteiger partial charge in [0.1, 0.15) is 0 Å². The van der Waals surface area contributed by atoms with Crippen LogP contribution in [0.15, 0.2) is 11.9 Å². The Morgan fingerprint density at radius 3 is 1.87 bits per heavy atom. The Bertz CT molecular complexity index is 216. The molecule has 0 bridgehead atoms. The van der Waals surface area contributed by atoms with Crippen molar-refractivity contribution in [2.75, 3.05) is 0 Å². The molecule has 2 heteroatoms. The lowest BCUT2D eigenvalue weighted by Gasteiger charge is -2.36. The van der Waals surface area contributed by atoms with Crippen molar-refractivity contribution in [2.24, 2.45) is 16.6 Å². The number of hydrogen-bond acceptors (Lipinski definition) is 2. The van der Waals surface area contributed by atoms with Crippen molar-refractivity contribution in [1.82, 2.24) is 5.32 Å². The molecule has 0 saturated carbocycles. The average Bonchev–Trinajstić information content (AvgIpc) is 2.01. The number of rotatable bonds is 3. The maximum atomic E-state index is 5.68. The minimum atomic E-state index is 0.0907. The van der Waals surface area contributed by atoms with E-state index < -0.39 is 0 Å². The molecule has 0 aromatic rings. The fourth-order valence-electron chi connectivity index (χ4n) is 1.63. The molecule has 0 rings (SSSR count). The molecule has 2 nitrogen and oxygen atoms in total. The lowest BCUT2D eigenvalue weighted by atomic mass is 9.83. The van der Waals surface area contributed by atoms with E-state index in [1.54, 1.807) is 6.20 Å². The van der Waals surface area contributed by atoms with Crippen molar-refractivity contribution in [3.05, 3.63) is 11.9 Å². The third-order valence-electron chi connectivity index (χ3n) is 2.76. The van der Waals surface area contributed by atoms with Crippen LogP contribution < -0.4 is 11.1 Å². The van der Waals surface area contributed by atoms with Crippen molar-refractivity contribution in [3.63, 3.8) is 0 Å². The molecule has 0 aromatic heterocycles. The molecule has 0 amide bonds. The minimum absolute atomic E-state index is 0.0907. The normalized spacial score (nSPS) is 16.3. The van der Waals surface area contributed by atoms with Crippen LogP contribution in [0.2, 0.25) is 0 Å². The molecule has 0 radical (unpaired) electrons. The van der Waals surface area contributed by atoms with Gasteiger partial charge in [0, 0.05) is 23.4 Å². The molecule has 0 aliphatic carbocycles. The molecule has 0 aliphatic rings. The second kappa shape index (κ2) is 4.91. The van der Waals surface area contributed by atoms with Gasteiger partial charge >= 0.3 is 0 Å². The van der Waals surface area contributed by atoms with E-state index in [4.69, 9.17) is 5.73 Å². The average molecular weight is 212 g/mol. The zero-order chi connectivity index (χ0) is 12.3. The highest BCUT2D eigenvalue weighted by Gasteiger charge is 2.26. The molecule has 1 unspecified atom stereocenters. The van der Waals surface area contributed by atoms with Gasteiger partial charge in [-0.2, -0.15) is 0 Å². The molecule has 0 saturated heterocycles. The summed E-state index contributed by atoms with van der Waals surface area (Å²) < 4.78 is 0. The molecule has 0 fully saturated rings.